The molecule has 1 aliphatic rings. The lowest BCUT2D eigenvalue weighted by molar-refractivity contribution is 0.204. The van der Waals surface area contributed by atoms with Crippen LogP contribution in [-0.2, 0) is 10.0 Å². The van der Waals surface area contributed by atoms with Crippen molar-refractivity contribution in [1.29, 1.82) is 0 Å². The molecule has 4 nitrogen and oxygen atoms in total. The van der Waals surface area contributed by atoms with Crippen LogP contribution in [0.2, 0.25) is 5.02 Å². The van der Waals surface area contributed by atoms with Crippen LogP contribution >= 0.6 is 11.6 Å². The highest BCUT2D eigenvalue weighted by atomic mass is 35.5. The average molecular weight is 276 g/mol. The van der Waals surface area contributed by atoms with Crippen molar-refractivity contribution in [1.82, 2.24) is 0 Å². The van der Waals surface area contributed by atoms with Crippen LogP contribution in [0.4, 0.5) is 0 Å². The normalized spacial score (nSPS) is 17.3. The minimum absolute atomic E-state index is 0.0445. The van der Waals surface area contributed by atoms with E-state index >= 15 is 0 Å². The third-order valence-electron chi connectivity index (χ3n) is 2.81. The minimum Gasteiger partial charge on any atom is -0.489 e. The summed E-state index contributed by atoms with van der Waals surface area (Å²) in [6.07, 6.45) is 4.21. The van der Waals surface area contributed by atoms with Gasteiger partial charge in [-0.1, -0.05) is 11.6 Å². The second-order valence-electron chi connectivity index (χ2n) is 4.16. The van der Waals surface area contributed by atoms with Gasteiger partial charge in [-0.25, -0.2) is 13.6 Å². The topological polar surface area (TPSA) is 69.4 Å². The molecular weight excluding hydrogens is 262 g/mol. The molecule has 0 bridgehead atoms. The summed E-state index contributed by atoms with van der Waals surface area (Å²) in [6, 6.07) is 4.47. The van der Waals surface area contributed by atoms with Gasteiger partial charge in [0.25, 0.3) is 0 Å². The van der Waals surface area contributed by atoms with Gasteiger partial charge in [-0.05, 0) is 43.9 Å². The molecule has 17 heavy (non-hydrogen) atoms. The molecule has 94 valence electrons. The van der Waals surface area contributed by atoms with Crippen molar-refractivity contribution in [3.8, 4) is 5.75 Å². The van der Waals surface area contributed by atoms with E-state index in [1.54, 1.807) is 12.1 Å². The molecule has 0 aromatic heterocycles. The molecule has 1 aromatic rings. The Labute approximate surface area is 106 Å². The van der Waals surface area contributed by atoms with Crippen molar-refractivity contribution in [3.63, 3.8) is 0 Å². The van der Waals surface area contributed by atoms with Gasteiger partial charge in [-0.2, -0.15) is 0 Å². The van der Waals surface area contributed by atoms with Crippen molar-refractivity contribution >= 4 is 21.6 Å². The summed E-state index contributed by atoms with van der Waals surface area (Å²) in [6.45, 7) is 0. The minimum atomic E-state index is -3.81. The van der Waals surface area contributed by atoms with E-state index in [1.807, 2.05) is 0 Å². The molecule has 0 heterocycles. The molecule has 0 aliphatic heterocycles. The van der Waals surface area contributed by atoms with Gasteiger partial charge < -0.3 is 4.74 Å². The molecule has 0 saturated heterocycles. The first kappa shape index (κ1) is 12.7. The molecular formula is C11H14ClNO3S. The van der Waals surface area contributed by atoms with Gasteiger partial charge in [-0.3, -0.25) is 0 Å². The number of hydrogen-bond acceptors (Lipinski definition) is 3. The summed E-state index contributed by atoms with van der Waals surface area (Å²) in [5.74, 6) is 0.295. The third-order valence-corrected chi connectivity index (χ3v) is 3.98. The van der Waals surface area contributed by atoms with Crippen LogP contribution in [0.5, 0.6) is 5.75 Å². The summed E-state index contributed by atoms with van der Waals surface area (Å²) in [5, 5.41) is 5.46. The van der Waals surface area contributed by atoms with Crippen LogP contribution in [0.1, 0.15) is 25.7 Å². The number of ether oxygens (including phenoxy) is 1. The summed E-state index contributed by atoms with van der Waals surface area (Å²) in [5.41, 5.74) is 0. The Balaban J connectivity index is 2.32. The Kier molecular flexibility index (Phi) is 3.61. The SMILES string of the molecule is NS(=O)(=O)c1cc(Cl)ccc1OC1CCCC1. The molecule has 1 aromatic carbocycles. The third kappa shape index (κ3) is 3.12. The first-order valence-electron chi connectivity index (χ1n) is 5.46. The quantitative estimate of drug-likeness (QED) is 0.920. The van der Waals surface area contributed by atoms with Crippen molar-refractivity contribution in [3.05, 3.63) is 23.2 Å². The average Bonchev–Trinajstić information content (AvgIpc) is 2.72. The lowest BCUT2D eigenvalue weighted by Crippen LogP contribution is -2.17. The Hall–Kier alpha value is -0.780. The zero-order valence-corrected chi connectivity index (χ0v) is 10.8. The van der Waals surface area contributed by atoms with Crippen molar-refractivity contribution in [2.75, 3.05) is 0 Å². The maximum absolute atomic E-state index is 11.4. The molecule has 0 radical (unpaired) electrons. The van der Waals surface area contributed by atoms with Gasteiger partial charge >= 0.3 is 0 Å². The van der Waals surface area contributed by atoms with Crippen molar-refractivity contribution in [2.45, 2.75) is 36.7 Å². The van der Waals surface area contributed by atoms with E-state index < -0.39 is 10.0 Å². The fourth-order valence-electron chi connectivity index (χ4n) is 1.99. The molecule has 1 saturated carbocycles. The van der Waals surface area contributed by atoms with E-state index in [-0.39, 0.29) is 11.0 Å². The van der Waals surface area contributed by atoms with Gasteiger partial charge in [-0.15, -0.1) is 0 Å². The first-order chi connectivity index (χ1) is 7.97. The van der Waals surface area contributed by atoms with E-state index in [1.165, 1.54) is 6.07 Å². The molecule has 0 atom stereocenters. The maximum Gasteiger partial charge on any atom is 0.241 e. The number of benzene rings is 1. The number of nitrogens with two attached hydrogens (primary N) is 1. The molecule has 0 unspecified atom stereocenters. The van der Waals surface area contributed by atoms with Gasteiger partial charge in [0, 0.05) is 5.02 Å². The number of sulfonamides is 1. The maximum atomic E-state index is 11.4. The predicted octanol–water partition coefficient (Wildman–Crippen LogP) is 2.31. The Bertz CT molecular complexity index is 509. The number of rotatable bonds is 3. The molecule has 2 rings (SSSR count). The van der Waals surface area contributed by atoms with E-state index in [9.17, 15) is 8.42 Å². The highest BCUT2D eigenvalue weighted by Gasteiger charge is 2.21. The van der Waals surface area contributed by atoms with E-state index in [0.717, 1.165) is 25.7 Å². The molecule has 6 heteroatoms. The van der Waals surface area contributed by atoms with Crippen molar-refractivity contribution in [2.24, 2.45) is 5.14 Å². The van der Waals surface area contributed by atoms with Gasteiger partial charge in [0.1, 0.15) is 10.6 Å². The van der Waals surface area contributed by atoms with Crippen molar-refractivity contribution < 1.29 is 13.2 Å². The van der Waals surface area contributed by atoms with Crippen LogP contribution in [0, 0.1) is 0 Å². The van der Waals surface area contributed by atoms with Gasteiger partial charge in [0.05, 0.1) is 6.10 Å². The summed E-state index contributed by atoms with van der Waals surface area (Å²) < 4.78 is 28.5. The molecule has 0 amide bonds. The number of primary sulfonamides is 1. The predicted molar refractivity (Wildman–Crippen MR) is 65.7 cm³/mol. The summed E-state index contributed by atoms with van der Waals surface area (Å²) in [7, 11) is -3.81. The molecule has 1 aliphatic carbocycles. The fourth-order valence-corrected chi connectivity index (χ4v) is 2.91. The monoisotopic (exact) mass is 275 g/mol. The van der Waals surface area contributed by atoms with Crippen LogP contribution in [0.25, 0.3) is 0 Å². The summed E-state index contributed by atoms with van der Waals surface area (Å²) >= 11 is 5.76. The highest BCUT2D eigenvalue weighted by Crippen LogP contribution is 2.30. The molecule has 2 N–H and O–H groups in total. The lowest BCUT2D eigenvalue weighted by Gasteiger charge is -2.15. The van der Waals surface area contributed by atoms with E-state index in [0.29, 0.717) is 10.8 Å². The van der Waals surface area contributed by atoms with E-state index in [2.05, 4.69) is 0 Å². The fraction of sp³-hybridized carbons (Fsp3) is 0.455. The van der Waals surface area contributed by atoms with Crippen LogP contribution < -0.4 is 9.88 Å². The molecule has 1 fully saturated rings. The lowest BCUT2D eigenvalue weighted by atomic mass is 10.3. The van der Waals surface area contributed by atoms with Gasteiger partial charge in [0.2, 0.25) is 10.0 Å². The second kappa shape index (κ2) is 4.84. The van der Waals surface area contributed by atoms with Gasteiger partial charge in [0.15, 0.2) is 0 Å². The second-order valence-corrected chi connectivity index (χ2v) is 6.13. The number of hydrogen-bond donors (Lipinski definition) is 1. The zero-order chi connectivity index (χ0) is 12.5. The highest BCUT2D eigenvalue weighted by molar-refractivity contribution is 7.89. The standard InChI is InChI=1S/C11H14ClNO3S/c12-8-5-6-10(11(7-8)17(13,14)15)16-9-3-1-2-4-9/h5-7,9H,1-4H2,(H2,13,14,15). The summed E-state index contributed by atoms with van der Waals surface area (Å²) in [4.78, 5) is -0.0445. The van der Waals surface area contributed by atoms with E-state index in [4.69, 9.17) is 21.5 Å². The Morgan fingerprint density at radius 1 is 1.29 bits per heavy atom. The first-order valence-corrected chi connectivity index (χ1v) is 7.38. The Morgan fingerprint density at radius 3 is 2.53 bits per heavy atom. The largest absolute Gasteiger partial charge is 0.489 e. The Morgan fingerprint density at radius 2 is 1.94 bits per heavy atom. The van der Waals surface area contributed by atoms with Crippen LogP contribution in [0.15, 0.2) is 23.1 Å². The number of halogens is 1. The molecule has 0 spiro atoms. The van der Waals surface area contributed by atoms with Crippen LogP contribution in [-0.4, -0.2) is 14.5 Å². The zero-order valence-electron chi connectivity index (χ0n) is 9.23. The smallest absolute Gasteiger partial charge is 0.241 e. The van der Waals surface area contributed by atoms with Crippen LogP contribution in [0.3, 0.4) is 0 Å².